The van der Waals surface area contributed by atoms with Crippen LogP contribution in [0.1, 0.15) is 37.0 Å². The van der Waals surface area contributed by atoms with E-state index in [1.165, 1.54) is 0 Å². The van der Waals surface area contributed by atoms with Gasteiger partial charge in [-0.05, 0) is 19.8 Å². The minimum atomic E-state index is 0.132. The van der Waals surface area contributed by atoms with Gasteiger partial charge in [0.15, 0.2) is 0 Å². The van der Waals surface area contributed by atoms with Crippen LogP contribution in [0.5, 0.6) is 0 Å². The Morgan fingerprint density at radius 3 is 2.31 bits per heavy atom. The van der Waals surface area contributed by atoms with Gasteiger partial charge in [-0.2, -0.15) is 0 Å². The van der Waals surface area contributed by atoms with Crippen molar-refractivity contribution in [2.45, 2.75) is 33.6 Å². The number of aliphatic hydroxyl groups excluding tert-OH is 1. The van der Waals surface area contributed by atoms with Gasteiger partial charge in [-0.1, -0.05) is 13.8 Å². The molecule has 0 aliphatic carbocycles. The number of aryl methyl sites for hydroxylation is 2. The van der Waals surface area contributed by atoms with Crippen LogP contribution in [0.3, 0.4) is 0 Å². The molecule has 3 heteroatoms. The van der Waals surface area contributed by atoms with Gasteiger partial charge in [0, 0.05) is 11.6 Å². The molecule has 0 spiro atoms. The van der Waals surface area contributed by atoms with Gasteiger partial charge in [0.1, 0.15) is 5.82 Å². The van der Waals surface area contributed by atoms with E-state index in [1.54, 1.807) is 0 Å². The molecule has 1 rings (SSSR count). The zero-order chi connectivity index (χ0) is 10.0. The van der Waals surface area contributed by atoms with E-state index in [4.69, 9.17) is 0 Å². The van der Waals surface area contributed by atoms with Crippen LogP contribution in [-0.4, -0.2) is 21.7 Å². The van der Waals surface area contributed by atoms with E-state index in [0.29, 0.717) is 5.92 Å². The largest absolute Gasteiger partial charge is 0.396 e. The Hall–Kier alpha value is -0.830. The molecule has 0 aromatic carbocycles. The molecule has 0 aliphatic heterocycles. The quantitative estimate of drug-likeness (QED) is 0.748. The number of aliphatic hydroxyl groups is 1. The number of rotatable bonds is 3. The van der Waals surface area contributed by atoms with Gasteiger partial charge in [-0.3, -0.25) is 0 Å². The van der Waals surface area contributed by atoms with Crippen LogP contribution in [0.2, 0.25) is 0 Å². The molecule has 1 aromatic heterocycles. The van der Waals surface area contributed by atoms with Crippen molar-refractivity contribution in [3.8, 4) is 0 Å². The Kier molecular flexibility index (Phi) is 3.09. The smallest absolute Gasteiger partial charge is 0.112 e. The molecule has 0 saturated carbocycles. The van der Waals surface area contributed by atoms with Crippen LogP contribution in [0.4, 0.5) is 0 Å². The highest BCUT2D eigenvalue weighted by atomic mass is 16.3. The van der Waals surface area contributed by atoms with Crippen molar-refractivity contribution in [2.75, 3.05) is 6.61 Å². The number of hydrogen-bond donors (Lipinski definition) is 2. The zero-order valence-electron chi connectivity index (χ0n) is 8.76. The lowest BCUT2D eigenvalue weighted by Gasteiger charge is -2.14. The van der Waals surface area contributed by atoms with Crippen LogP contribution in [-0.2, 0) is 0 Å². The number of aromatic amines is 1. The van der Waals surface area contributed by atoms with Gasteiger partial charge in [0.05, 0.1) is 12.3 Å². The number of H-pyrrole nitrogens is 1. The lowest BCUT2D eigenvalue weighted by molar-refractivity contribution is 0.232. The van der Waals surface area contributed by atoms with Gasteiger partial charge < -0.3 is 10.1 Å². The molecule has 0 radical (unpaired) electrons. The van der Waals surface area contributed by atoms with Crippen molar-refractivity contribution in [2.24, 2.45) is 5.92 Å². The highest BCUT2D eigenvalue weighted by Gasteiger charge is 2.18. The summed E-state index contributed by atoms with van der Waals surface area (Å²) in [7, 11) is 0. The summed E-state index contributed by atoms with van der Waals surface area (Å²) < 4.78 is 0. The highest BCUT2D eigenvalue weighted by Crippen LogP contribution is 2.21. The average Bonchev–Trinajstić information content (AvgIpc) is 2.32. The lowest BCUT2D eigenvalue weighted by Crippen LogP contribution is -2.12. The van der Waals surface area contributed by atoms with Crippen LogP contribution in [0, 0.1) is 19.8 Å². The maximum atomic E-state index is 9.19. The van der Waals surface area contributed by atoms with Crippen LogP contribution in [0.15, 0.2) is 0 Å². The van der Waals surface area contributed by atoms with E-state index >= 15 is 0 Å². The molecule has 2 N–H and O–H groups in total. The molecule has 1 heterocycles. The molecule has 74 valence electrons. The summed E-state index contributed by atoms with van der Waals surface area (Å²) in [6.45, 7) is 8.32. The second kappa shape index (κ2) is 3.92. The summed E-state index contributed by atoms with van der Waals surface area (Å²) in [5.41, 5.74) is 2.11. The molecule has 0 fully saturated rings. The van der Waals surface area contributed by atoms with Gasteiger partial charge >= 0.3 is 0 Å². The van der Waals surface area contributed by atoms with E-state index < -0.39 is 0 Å². The van der Waals surface area contributed by atoms with Gasteiger partial charge in [0.2, 0.25) is 0 Å². The van der Waals surface area contributed by atoms with E-state index in [-0.39, 0.29) is 12.5 Å². The summed E-state index contributed by atoms with van der Waals surface area (Å²) in [6.07, 6.45) is 0. The summed E-state index contributed by atoms with van der Waals surface area (Å²) in [5.74, 6) is 1.45. The Morgan fingerprint density at radius 2 is 2.00 bits per heavy atom. The monoisotopic (exact) mass is 182 g/mol. The molecule has 0 amide bonds. The minimum absolute atomic E-state index is 0.132. The number of hydrogen-bond acceptors (Lipinski definition) is 2. The summed E-state index contributed by atoms with van der Waals surface area (Å²) in [6, 6.07) is 0. The molecule has 1 aromatic rings. The minimum Gasteiger partial charge on any atom is -0.396 e. The Morgan fingerprint density at radius 1 is 1.38 bits per heavy atom. The third-order valence-electron chi connectivity index (χ3n) is 2.50. The average molecular weight is 182 g/mol. The highest BCUT2D eigenvalue weighted by molar-refractivity contribution is 5.13. The summed E-state index contributed by atoms with van der Waals surface area (Å²) >= 11 is 0. The van der Waals surface area contributed by atoms with E-state index in [0.717, 1.165) is 17.2 Å². The van der Waals surface area contributed by atoms with Gasteiger partial charge in [-0.15, -0.1) is 0 Å². The standard InChI is InChI=1S/C10H18N2O/c1-6(2)9(5-13)10-11-7(3)8(4)12-10/h6,9,13H,5H2,1-4H3,(H,11,12). The number of nitrogens with one attached hydrogen (secondary N) is 1. The number of aromatic nitrogens is 2. The fraction of sp³-hybridized carbons (Fsp3) is 0.700. The van der Waals surface area contributed by atoms with E-state index in [9.17, 15) is 5.11 Å². The molecular formula is C10H18N2O. The SMILES string of the molecule is Cc1nc(C(CO)C(C)C)[nH]c1C. The van der Waals surface area contributed by atoms with Crippen molar-refractivity contribution in [1.82, 2.24) is 9.97 Å². The predicted octanol–water partition coefficient (Wildman–Crippen LogP) is 1.76. The van der Waals surface area contributed by atoms with Crippen LogP contribution in [0.25, 0.3) is 0 Å². The van der Waals surface area contributed by atoms with Crippen LogP contribution < -0.4 is 0 Å². The second-order valence-electron chi connectivity index (χ2n) is 3.87. The first kappa shape index (κ1) is 10.3. The molecule has 0 saturated heterocycles. The normalized spacial score (nSPS) is 13.7. The molecular weight excluding hydrogens is 164 g/mol. The topological polar surface area (TPSA) is 48.9 Å². The first-order valence-electron chi connectivity index (χ1n) is 4.70. The molecule has 0 bridgehead atoms. The third-order valence-corrected chi connectivity index (χ3v) is 2.50. The first-order chi connectivity index (χ1) is 6.06. The Balaban J connectivity index is 2.92. The van der Waals surface area contributed by atoms with Gasteiger partial charge in [-0.25, -0.2) is 4.98 Å². The van der Waals surface area contributed by atoms with E-state index in [2.05, 4.69) is 23.8 Å². The number of nitrogens with zero attached hydrogens (tertiary/aromatic N) is 1. The van der Waals surface area contributed by atoms with Crippen molar-refractivity contribution in [1.29, 1.82) is 0 Å². The molecule has 13 heavy (non-hydrogen) atoms. The number of imidazole rings is 1. The first-order valence-corrected chi connectivity index (χ1v) is 4.70. The van der Waals surface area contributed by atoms with Crippen LogP contribution >= 0.6 is 0 Å². The van der Waals surface area contributed by atoms with Crippen molar-refractivity contribution >= 4 is 0 Å². The fourth-order valence-electron chi connectivity index (χ4n) is 1.36. The lowest BCUT2D eigenvalue weighted by atomic mass is 9.96. The van der Waals surface area contributed by atoms with E-state index in [1.807, 2.05) is 13.8 Å². The zero-order valence-corrected chi connectivity index (χ0v) is 8.76. The molecule has 1 atom stereocenters. The molecule has 3 nitrogen and oxygen atoms in total. The van der Waals surface area contributed by atoms with Crippen molar-refractivity contribution < 1.29 is 5.11 Å². The Bertz CT molecular complexity index is 259. The third kappa shape index (κ3) is 2.10. The maximum Gasteiger partial charge on any atom is 0.112 e. The Labute approximate surface area is 79.2 Å². The molecule has 1 unspecified atom stereocenters. The fourth-order valence-corrected chi connectivity index (χ4v) is 1.36. The summed E-state index contributed by atoms with van der Waals surface area (Å²) in [4.78, 5) is 7.59. The van der Waals surface area contributed by atoms with Crippen molar-refractivity contribution in [3.05, 3.63) is 17.2 Å². The maximum absolute atomic E-state index is 9.19. The molecule has 0 aliphatic rings. The van der Waals surface area contributed by atoms with Gasteiger partial charge in [0.25, 0.3) is 0 Å². The summed E-state index contributed by atoms with van der Waals surface area (Å²) in [5, 5.41) is 9.19. The second-order valence-corrected chi connectivity index (χ2v) is 3.87. The predicted molar refractivity (Wildman–Crippen MR) is 52.7 cm³/mol. The van der Waals surface area contributed by atoms with Crippen molar-refractivity contribution in [3.63, 3.8) is 0 Å².